The fourth-order valence-corrected chi connectivity index (χ4v) is 5.37. The maximum absolute atomic E-state index is 12.8. The first-order chi connectivity index (χ1) is 17.9. The zero-order chi connectivity index (χ0) is 26.1. The van der Waals surface area contributed by atoms with Gasteiger partial charge in [0.25, 0.3) is 11.8 Å². The maximum atomic E-state index is 12.8. The van der Waals surface area contributed by atoms with Gasteiger partial charge in [-0.2, -0.15) is 0 Å². The number of ether oxygens (including phenoxy) is 2. The molecule has 2 N–H and O–H groups in total. The molecule has 0 bridgehead atoms. The van der Waals surface area contributed by atoms with Crippen LogP contribution < -0.4 is 15.4 Å². The van der Waals surface area contributed by atoms with E-state index in [1.165, 1.54) is 25.4 Å². The predicted octanol–water partition coefficient (Wildman–Crippen LogP) is 5.76. The molecule has 3 aromatic carbocycles. The predicted molar refractivity (Wildman–Crippen MR) is 144 cm³/mol. The number of amides is 2. The largest absolute Gasteiger partial charge is 0.495 e. The number of carbonyl (C=O) groups is 3. The number of esters is 1. The van der Waals surface area contributed by atoms with E-state index in [4.69, 9.17) is 25.5 Å². The molecule has 5 aromatic rings. The van der Waals surface area contributed by atoms with Crippen molar-refractivity contribution in [1.82, 2.24) is 5.32 Å². The summed E-state index contributed by atoms with van der Waals surface area (Å²) in [6.45, 7) is 1.01. The van der Waals surface area contributed by atoms with Gasteiger partial charge < -0.3 is 24.5 Å². The number of rotatable bonds is 7. The zero-order valence-electron chi connectivity index (χ0n) is 19.8. The van der Waals surface area contributed by atoms with E-state index in [-0.39, 0.29) is 0 Å². The van der Waals surface area contributed by atoms with Crippen LogP contribution in [0.25, 0.3) is 32.0 Å². The smallest absolute Gasteiger partial charge is 0.326 e. The Kier molecular flexibility index (Phi) is 6.73. The van der Waals surface area contributed by atoms with Gasteiger partial charge in [0.2, 0.25) is 0 Å². The number of hydrogen-bond donors (Lipinski definition) is 2. The number of para-hydroxylation sites is 1. The first kappa shape index (κ1) is 24.6. The second kappa shape index (κ2) is 10.1. The Labute approximate surface area is 220 Å². The molecular weight excluding hydrogens is 516 g/mol. The molecule has 188 valence electrons. The molecule has 0 aliphatic carbocycles. The standard InChI is InChI=1S/C27H21ClN2O6S/c1-14(35-23(31)13-29-27(33)25-24(28)16-8-4-6-10-22(16)37-25)26(32)30-18-12-20-17(11-21(18)34-2)15-7-3-5-9-19(15)36-20/h3-12,14H,13H2,1-2H3,(H,29,33)(H,30,32)/t14-/m1/s1. The topological polar surface area (TPSA) is 107 Å². The van der Waals surface area contributed by atoms with E-state index in [2.05, 4.69) is 10.6 Å². The first-order valence-corrected chi connectivity index (χ1v) is 12.5. The lowest BCUT2D eigenvalue weighted by Crippen LogP contribution is -2.35. The number of carbonyl (C=O) groups excluding carboxylic acids is 3. The number of fused-ring (bicyclic) bond motifs is 4. The SMILES string of the molecule is COc1cc2c(cc1NC(=O)[C@@H](C)OC(=O)CNC(=O)c1sc3ccccc3c1Cl)oc1ccccc12. The van der Waals surface area contributed by atoms with Crippen LogP contribution in [0.2, 0.25) is 5.02 Å². The summed E-state index contributed by atoms with van der Waals surface area (Å²) in [5.41, 5.74) is 1.66. The van der Waals surface area contributed by atoms with E-state index in [0.717, 1.165) is 20.9 Å². The quantitative estimate of drug-likeness (QED) is 0.256. The summed E-state index contributed by atoms with van der Waals surface area (Å²) in [6.07, 6.45) is -1.13. The van der Waals surface area contributed by atoms with Crippen LogP contribution in [0.3, 0.4) is 0 Å². The van der Waals surface area contributed by atoms with Crippen molar-refractivity contribution in [1.29, 1.82) is 0 Å². The normalized spacial score (nSPS) is 12.0. The van der Waals surface area contributed by atoms with Crippen LogP contribution >= 0.6 is 22.9 Å². The molecule has 8 nitrogen and oxygen atoms in total. The summed E-state index contributed by atoms with van der Waals surface area (Å²) < 4.78 is 17.4. The van der Waals surface area contributed by atoms with Gasteiger partial charge in [-0.3, -0.25) is 14.4 Å². The van der Waals surface area contributed by atoms with E-state index in [0.29, 0.717) is 32.5 Å². The minimum Gasteiger partial charge on any atom is -0.495 e. The number of furan rings is 1. The molecule has 0 unspecified atom stereocenters. The molecular formula is C27H21ClN2O6S. The molecule has 0 aliphatic heterocycles. The van der Waals surface area contributed by atoms with E-state index < -0.39 is 30.4 Å². The van der Waals surface area contributed by atoms with Crippen molar-refractivity contribution in [2.24, 2.45) is 0 Å². The Morgan fingerprint density at radius 3 is 2.49 bits per heavy atom. The average Bonchev–Trinajstić information content (AvgIpc) is 3.43. The number of benzene rings is 3. The molecule has 0 spiro atoms. The molecule has 5 rings (SSSR count). The third kappa shape index (κ3) is 4.83. The van der Waals surface area contributed by atoms with Crippen LogP contribution in [0, 0.1) is 0 Å². The van der Waals surface area contributed by atoms with Crippen molar-refractivity contribution in [2.45, 2.75) is 13.0 Å². The molecule has 10 heteroatoms. The molecule has 0 radical (unpaired) electrons. The highest BCUT2D eigenvalue weighted by molar-refractivity contribution is 7.21. The molecule has 0 saturated carbocycles. The lowest BCUT2D eigenvalue weighted by Gasteiger charge is -2.15. The van der Waals surface area contributed by atoms with Crippen LogP contribution in [0.5, 0.6) is 5.75 Å². The minimum atomic E-state index is -1.13. The minimum absolute atomic E-state index is 0.300. The van der Waals surface area contributed by atoms with Gasteiger partial charge in [0.15, 0.2) is 6.10 Å². The summed E-state index contributed by atoms with van der Waals surface area (Å²) in [6, 6.07) is 18.4. The second-order valence-electron chi connectivity index (χ2n) is 8.19. The fraction of sp³-hybridized carbons (Fsp3) is 0.148. The summed E-state index contributed by atoms with van der Waals surface area (Å²) in [4.78, 5) is 37.9. The van der Waals surface area contributed by atoms with Gasteiger partial charge in [-0.15, -0.1) is 11.3 Å². The van der Waals surface area contributed by atoms with E-state index in [9.17, 15) is 14.4 Å². The van der Waals surface area contributed by atoms with Gasteiger partial charge in [-0.25, -0.2) is 0 Å². The molecule has 2 amide bonds. The van der Waals surface area contributed by atoms with Crippen molar-refractivity contribution in [3.8, 4) is 5.75 Å². The maximum Gasteiger partial charge on any atom is 0.326 e. The van der Waals surface area contributed by atoms with Crippen molar-refractivity contribution >= 4 is 78.4 Å². The number of methoxy groups -OCH3 is 1. The van der Waals surface area contributed by atoms with E-state index in [1.807, 2.05) is 48.5 Å². The van der Waals surface area contributed by atoms with Crippen LogP contribution in [0.4, 0.5) is 5.69 Å². The number of anilines is 1. The monoisotopic (exact) mass is 536 g/mol. The number of halogens is 1. The molecule has 0 fully saturated rings. The molecule has 2 aromatic heterocycles. The molecule has 0 saturated heterocycles. The Morgan fingerprint density at radius 2 is 1.73 bits per heavy atom. The third-order valence-corrected chi connectivity index (χ3v) is 7.44. The van der Waals surface area contributed by atoms with Crippen LogP contribution in [-0.2, 0) is 14.3 Å². The van der Waals surface area contributed by atoms with Gasteiger partial charge in [-0.05, 0) is 25.1 Å². The first-order valence-electron chi connectivity index (χ1n) is 11.3. The van der Waals surface area contributed by atoms with Gasteiger partial charge in [-0.1, -0.05) is 48.0 Å². The number of nitrogens with one attached hydrogen (secondary N) is 2. The average molecular weight is 537 g/mol. The Morgan fingerprint density at radius 1 is 1.00 bits per heavy atom. The van der Waals surface area contributed by atoms with Crippen LogP contribution in [0.1, 0.15) is 16.6 Å². The summed E-state index contributed by atoms with van der Waals surface area (Å²) >= 11 is 7.55. The number of thiophene rings is 1. The van der Waals surface area contributed by atoms with Crippen LogP contribution in [-0.4, -0.2) is 37.5 Å². The third-order valence-electron chi connectivity index (χ3n) is 5.77. The van der Waals surface area contributed by atoms with Crippen LogP contribution in [0.15, 0.2) is 65.1 Å². The zero-order valence-corrected chi connectivity index (χ0v) is 21.4. The molecule has 37 heavy (non-hydrogen) atoms. The van der Waals surface area contributed by atoms with E-state index >= 15 is 0 Å². The van der Waals surface area contributed by atoms with Gasteiger partial charge in [0.05, 0.1) is 17.8 Å². The van der Waals surface area contributed by atoms with Crippen molar-refractivity contribution in [3.63, 3.8) is 0 Å². The number of hydrogen-bond acceptors (Lipinski definition) is 7. The summed E-state index contributed by atoms with van der Waals surface area (Å²) in [5.74, 6) is -1.41. The summed E-state index contributed by atoms with van der Waals surface area (Å²) in [5, 5.41) is 8.07. The van der Waals surface area contributed by atoms with Gasteiger partial charge in [0.1, 0.15) is 28.3 Å². The van der Waals surface area contributed by atoms with Crippen molar-refractivity contribution < 1.29 is 28.3 Å². The Balaban J connectivity index is 1.22. The fourth-order valence-electron chi connectivity index (χ4n) is 3.94. The van der Waals surface area contributed by atoms with Crippen molar-refractivity contribution in [3.05, 3.63) is 70.6 Å². The lowest BCUT2D eigenvalue weighted by atomic mass is 10.1. The van der Waals surface area contributed by atoms with Crippen molar-refractivity contribution in [2.75, 3.05) is 19.0 Å². The van der Waals surface area contributed by atoms with Gasteiger partial charge in [0, 0.05) is 26.9 Å². The van der Waals surface area contributed by atoms with Gasteiger partial charge >= 0.3 is 5.97 Å². The Bertz CT molecular complexity index is 1670. The van der Waals surface area contributed by atoms with E-state index in [1.54, 1.807) is 12.1 Å². The second-order valence-corrected chi connectivity index (χ2v) is 9.62. The Hall–Kier alpha value is -4.08. The molecule has 0 aliphatic rings. The summed E-state index contributed by atoms with van der Waals surface area (Å²) in [7, 11) is 1.49. The highest BCUT2D eigenvalue weighted by Crippen LogP contribution is 2.37. The highest BCUT2D eigenvalue weighted by Gasteiger charge is 2.22. The highest BCUT2D eigenvalue weighted by atomic mass is 35.5. The molecule has 2 heterocycles. The molecule has 1 atom stereocenters. The lowest BCUT2D eigenvalue weighted by molar-refractivity contribution is -0.152.